The van der Waals surface area contributed by atoms with Crippen molar-refractivity contribution in [3.8, 4) is 0 Å². The maximum absolute atomic E-state index is 12.5. The lowest BCUT2D eigenvalue weighted by Crippen LogP contribution is -2.29. The maximum atomic E-state index is 12.5. The quantitative estimate of drug-likeness (QED) is 0.186. The van der Waals surface area contributed by atoms with E-state index in [4.69, 9.17) is 10.7 Å². The van der Waals surface area contributed by atoms with Crippen LogP contribution < -0.4 is 5.73 Å². The molecule has 1 aromatic rings. The van der Waals surface area contributed by atoms with Gasteiger partial charge < -0.3 is 15.6 Å². The summed E-state index contributed by atoms with van der Waals surface area (Å²) in [5, 5.41) is 11.2. The van der Waals surface area contributed by atoms with Crippen LogP contribution in [0.4, 0.5) is 5.82 Å². The van der Waals surface area contributed by atoms with E-state index in [1.165, 1.54) is 11.8 Å². The van der Waals surface area contributed by atoms with Crippen LogP contribution >= 0.6 is 11.8 Å². The van der Waals surface area contributed by atoms with E-state index in [1.54, 1.807) is 33.8 Å². The fourth-order valence-electron chi connectivity index (χ4n) is 4.07. The summed E-state index contributed by atoms with van der Waals surface area (Å²) < 4.78 is 0. The molecule has 3 N–H and O–H groups in total. The first-order valence-electron chi connectivity index (χ1n) is 12.6. The van der Waals surface area contributed by atoms with E-state index < -0.39 is 16.8 Å². The molecule has 38 heavy (non-hydrogen) atoms. The molecule has 0 aliphatic carbocycles. The van der Waals surface area contributed by atoms with Crippen LogP contribution in [0, 0.1) is 18.3 Å². The summed E-state index contributed by atoms with van der Waals surface area (Å²) in [6.07, 6.45) is 7.66. The highest BCUT2D eigenvalue weighted by Crippen LogP contribution is 2.41. The number of nitrogens with zero attached hydrogens (tertiary/aromatic N) is 2. The number of carbonyl (C=O) groups is 2. The summed E-state index contributed by atoms with van der Waals surface area (Å²) in [6, 6.07) is 0. The third-order valence-electron chi connectivity index (χ3n) is 6.92. The van der Waals surface area contributed by atoms with Gasteiger partial charge in [-0.05, 0) is 76.2 Å². The Kier molecular flexibility index (Phi) is 11.7. The Morgan fingerprint density at radius 1 is 1.21 bits per heavy atom. The molecule has 0 bridgehead atoms. The Labute approximate surface area is 232 Å². The standard InChI is InChI=1S/C31H43N3O3S/c1-12-14-15-25(21(5)20(4)13-2)22(6)28-33-23(7)26(27(32)34-28)31(11,18-35)24(8)38-17-19(3)16-30(9,10)29(36)37/h12,14-15,17-18,20H,1,6,8,13,16H2,2-5,7,9-11H3,(H,36,37)(H2,32,33,34)/b15-14-,19-17+,25-21-/t20?,31-/m0/s1. The number of carboxylic acids is 1. The first kappa shape index (κ1) is 32.8. The van der Waals surface area contributed by atoms with Crippen LogP contribution in [0.25, 0.3) is 5.57 Å². The Balaban J connectivity index is 3.48. The predicted molar refractivity (Wildman–Crippen MR) is 162 cm³/mol. The molecular weight excluding hydrogens is 494 g/mol. The minimum absolute atomic E-state index is 0.186. The van der Waals surface area contributed by atoms with Crippen LogP contribution in [-0.4, -0.2) is 27.3 Å². The molecular formula is C31H43N3O3S. The van der Waals surface area contributed by atoms with Crippen molar-refractivity contribution in [1.29, 1.82) is 0 Å². The smallest absolute Gasteiger partial charge is 0.309 e. The summed E-state index contributed by atoms with van der Waals surface area (Å²) in [5.74, 6) is 0.0517. The van der Waals surface area contributed by atoms with E-state index in [9.17, 15) is 14.7 Å². The van der Waals surface area contributed by atoms with Crippen LogP contribution in [0.15, 0.2) is 65.0 Å². The van der Waals surface area contributed by atoms with Gasteiger partial charge in [-0.3, -0.25) is 4.79 Å². The van der Waals surface area contributed by atoms with Gasteiger partial charge in [-0.25, -0.2) is 9.97 Å². The van der Waals surface area contributed by atoms with Crippen molar-refractivity contribution in [1.82, 2.24) is 9.97 Å². The SMILES string of the molecule is C=C/C=C\C(C(=C)c1nc(C)c([C@@](C)(C=O)C(=C)S/C=C(\C)CC(C)(C)C(=O)O)c(N)n1)=C(/C)C(C)CC. The second-order valence-corrected chi connectivity index (χ2v) is 11.5. The topological polar surface area (TPSA) is 106 Å². The number of aryl methyl sites for hydroxylation is 1. The summed E-state index contributed by atoms with van der Waals surface area (Å²) in [6.45, 7) is 27.3. The molecule has 0 aliphatic heterocycles. The number of nitrogens with two attached hydrogens (primary N) is 1. The van der Waals surface area contributed by atoms with Gasteiger partial charge in [0.2, 0.25) is 0 Å². The lowest BCUT2D eigenvalue weighted by Gasteiger charge is -2.28. The number of nitrogen functional groups attached to an aromatic ring is 1. The van der Waals surface area contributed by atoms with Crippen molar-refractivity contribution in [3.63, 3.8) is 0 Å². The first-order valence-corrected chi connectivity index (χ1v) is 13.5. The largest absolute Gasteiger partial charge is 0.481 e. The molecule has 0 amide bonds. The molecule has 0 aromatic carbocycles. The Morgan fingerprint density at radius 2 is 1.82 bits per heavy atom. The van der Waals surface area contributed by atoms with E-state index in [0.29, 0.717) is 39.9 Å². The molecule has 0 radical (unpaired) electrons. The van der Waals surface area contributed by atoms with Gasteiger partial charge >= 0.3 is 5.97 Å². The molecule has 6 nitrogen and oxygen atoms in total. The summed E-state index contributed by atoms with van der Waals surface area (Å²) in [7, 11) is 0. The highest BCUT2D eigenvalue weighted by molar-refractivity contribution is 8.05. The van der Waals surface area contributed by atoms with Gasteiger partial charge in [0.15, 0.2) is 5.82 Å². The number of rotatable bonds is 14. The monoisotopic (exact) mass is 537 g/mol. The molecule has 0 saturated heterocycles. The van der Waals surface area contributed by atoms with Gasteiger partial charge in [0.05, 0.1) is 10.8 Å². The van der Waals surface area contributed by atoms with Crippen molar-refractivity contribution in [2.45, 2.75) is 73.6 Å². The summed E-state index contributed by atoms with van der Waals surface area (Å²) in [5.41, 5.74) is 9.05. The molecule has 1 rings (SSSR count). The summed E-state index contributed by atoms with van der Waals surface area (Å²) in [4.78, 5) is 33.7. The van der Waals surface area contributed by atoms with Crippen molar-refractivity contribution in [3.05, 3.63) is 82.1 Å². The van der Waals surface area contributed by atoms with Crippen LogP contribution in [0.3, 0.4) is 0 Å². The third-order valence-corrected chi connectivity index (χ3v) is 8.15. The van der Waals surface area contributed by atoms with Crippen LogP contribution in [-0.2, 0) is 15.0 Å². The average molecular weight is 538 g/mol. The second kappa shape index (κ2) is 13.6. The highest BCUT2D eigenvalue weighted by Gasteiger charge is 2.35. The molecule has 0 spiro atoms. The fourth-order valence-corrected chi connectivity index (χ4v) is 4.89. The number of aldehydes is 1. The van der Waals surface area contributed by atoms with Crippen molar-refractivity contribution >= 4 is 35.4 Å². The Morgan fingerprint density at radius 3 is 2.29 bits per heavy atom. The van der Waals surface area contributed by atoms with Gasteiger partial charge in [0.1, 0.15) is 12.1 Å². The lowest BCUT2D eigenvalue weighted by molar-refractivity contribution is -0.146. The van der Waals surface area contributed by atoms with Crippen molar-refractivity contribution in [2.75, 3.05) is 5.73 Å². The number of carbonyl (C=O) groups excluding carboxylic acids is 1. The van der Waals surface area contributed by atoms with E-state index >= 15 is 0 Å². The van der Waals surface area contributed by atoms with E-state index in [2.05, 4.69) is 45.5 Å². The molecule has 1 aromatic heterocycles. The summed E-state index contributed by atoms with van der Waals surface area (Å²) >= 11 is 1.28. The zero-order valence-electron chi connectivity index (χ0n) is 24.1. The molecule has 0 fully saturated rings. The van der Waals surface area contributed by atoms with Crippen LogP contribution in [0.1, 0.15) is 78.4 Å². The zero-order valence-corrected chi connectivity index (χ0v) is 25.0. The lowest BCUT2D eigenvalue weighted by atomic mass is 9.82. The van der Waals surface area contributed by atoms with Gasteiger partial charge in [-0.15, -0.1) is 11.8 Å². The number of anilines is 1. The van der Waals surface area contributed by atoms with E-state index in [1.807, 2.05) is 24.5 Å². The molecule has 2 atom stereocenters. The Bertz CT molecular complexity index is 1180. The number of aliphatic carboxylic acids is 1. The molecule has 0 aliphatic rings. The van der Waals surface area contributed by atoms with Gasteiger partial charge in [0, 0.05) is 16.8 Å². The number of allylic oxidation sites excluding steroid dienone is 8. The minimum Gasteiger partial charge on any atom is -0.481 e. The van der Waals surface area contributed by atoms with E-state index in [-0.39, 0.29) is 5.82 Å². The number of hydrogen-bond donors (Lipinski definition) is 2. The maximum Gasteiger partial charge on any atom is 0.309 e. The second-order valence-electron chi connectivity index (χ2n) is 10.6. The van der Waals surface area contributed by atoms with Crippen LogP contribution in [0.2, 0.25) is 0 Å². The van der Waals surface area contributed by atoms with E-state index in [0.717, 1.165) is 29.4 Å². The number of hydrogen-bond acceptors (Lipinski definition) is 6. The highest BCUT2D eigenvalue weighted by atomic mass is 32.2. The third kappa shape index (κ3) is 7.67. The zero-order chi connectivity index (χ0) is 29.4. The first-order chi connectivity index (χ1) is 17.6. The number of carboxylic acid groups (broad SMARTS) is 1. The molecule has 1 heterocycles. The normalized spacial score (nSPS) is 15.4. The average Bonchev–Trinajstić information content (AvgIpc) is 2.85. The van der Waals surface area contributed by atoms with Gasteiger partial charge in [-0.2, -0.15) is 0 Å². The Hall–Kier alpha value is -3.19. The predicted octanol–water partition coefficient (Wildman–Crippen LogP) is 7.59. The van der Waals surface area contributed by atoms with Gasteiger partial charge in [0.25, 0.3) is 0 Å². The number of thioether (sulfide) groups is 1. The number of aromatic nitrogens is 2. The van der Waals surface area contributed by atoms with Crippen molar-refractivity contribution < 1.29 is 14.7 Å². The minimum atomic E-state index is -1.16. The van der Waals surface area contributed by atoms with Crippen molar-refractivity contribution in [2.24, 2.45) is 11.3 Å². The van der Waals surface area contributed by atoms with Crippen LogP contribution in [0.5, 0.6) is 0 Å². The molecule has 7 heteroatoms. The molecule has 0 saturated carbocycles. The molecule has 206 valence electrons. The van der Waals surface area contributed by atoms with Gasteiger partial charge in [-0.1, -0.05) is 63.0 Å². The molecule has 1 unspecified atom stereocenters. The fraction of sp³-hybridized carbons (Fsp3) is 0.419.